The Kier molecular flexibility index (Phi) is 8.11. The maximum atomic E-state index is 11.5. The fourth-order valence-electron chi connectivity index (χ4n) is 4.99. The van der Waals surface area contributed by atoms with Gasteiger partial charge in [0.15, 0.2) is 5.78 Å². The van der Waals surface area contributed by atoms with Crippen molar-refractivity contribution in [3.05, 3.63) is 94.6 Å². The van der Waals surface area contributed by atoms with Crippen LogP contribution in [0.15, 0.2) is 77.3 Å². The second kappa shape index (κ2) is 11.4. The first-order valence-electron chi connectivity index (χ1n) is 12.4. The maximum absolute atomic E-state index is 11.5. The highest BCUT2D eigenvalue weighted by atomic mass is 16.1. The van der Waals surface area contributed by atoms with Crippen LogP contribution in [0.25, 0.3) is 5.57 Å². The third-order valence-corrected chi connectivity index (χ3v) is 6.92. The Morgan fingerprint density at radius 3 is 2.51 bits per heavy atom. The minimum absolute atomic E-state index is 0.125. The molecule has 0 aromatic heterocycles. The molecule has 0 unspecified atom stereocenters. The first-order valence-corrected chi connectivity index (χ1v) is 12.4. The topological polar surface area (TPSA) is 56.7 Å². The van der Waals surface area contributed by atoms with Gasteiger partial charge in [-0.2, -0.15) is 0 Å². The van der Waals surface area contributed by atoms with Gasteiger partial charge >= 0.3 is 0 Å². The summed E-state index contributed by atoms with van der Waals surface area (Å²) in [5, 5.41) is 0. The summed E-state index contributed by atoms with van der Waals surface area (Å²) < 4.78 is 0. The summed E-state index contributed by atoms with van der Waals surface area (Å²) in [7, 11) is 1.79. The van der Waals surface area contributed by atoms with E-state index in [9.17, 15) is 4.79 Å². The molecule has 0 aliphatic carbocycles. The number of allylic oxidation sites excluding steroid dienone is 4. The van der Waals surface area contributed by atoms with Crippen LogP contribution in [0.4, 0.5) is 5.69 Å². The summed E-state index contributed by atoms with van der Waals surface area (Å²) in [4.78, 5) is 18.2. The standard InChI is InChI=1S/C30H36N4O/c1-21(20-34-15-12-26(13-16-34)25-7-5-24(6-8-25)23(3)35)17-22(2)29(11-14-31-4)27-9-10-30-28(18-27)19-32-33-30/h5-11,14,17-18,26,32-33H,2,12-13,15-16,19-20H2,1,3-4H3/b21-17+,29-11+,31-14?. The van der Waals surface area contributed by atoms with Gasteiger partial charge in [0.05, 0.1) is 5.69 Å². The zero-order valence-corrected chi connectivity index (χ0v) is 21.1. The first kappa shape index (κ1) is 24.8. The lowest BCUT2D eigenvalue weighted by atomic mass is 9.88. The second-order valence-corrected chi connectivity index (χ2v) is 9.58. The molecule has 2 aliphatic rings. The number of ketones is 1. The summed E-state index contributed by atoms with van der Waals surface area (Å²) in [6, 6.07) is 14.7. The summed E-state index contributed by atoms with van der Waals surface area (Å²) in [6.07, 6.45) is 8.38. The van der Waals surface area contributed by atoms with E-state index in [0.717, 1.165) is 67.0 Å². The first-order chi connectivity index (χ1) is 16.9. The number of carbonyl (C=O) groups excluding carboxylic acids is 1. The Labute approximate surface area is 209 Å². The molecule has 2 heterocycles. The van der Waals surface area contributed by atoms with Crippen LogP contribution in [0.1, 0.15) is 59.7 Å². The van der Waals surface area contributed by atoms with E-state index in [-0.39, 0.29) is 5.78 Å². The number of Topliss-reactive ketones (excluding diaryl/α,β-unsaturated/α-hetero) is 1. The fraction of sp³-hybridized carbons (Fsp3) is 0.333. The van der Waals surface area contributed by atoms with E-state index in [2.05, 4.69) is 70.7 Å². The number of piperidine rings is 1. The molecule has 0 atom stereocenters. The van der Waals surface area contributed by atoms with E-state index < -0.39 is 0 Å². The van der Waals surface area contributed by atoms with Crippen LogP contribution in [0.5, 0.6) is 0 Å². The lowest BCUT2D eigenvalue weighted by Crippen LogP contribution is -2.34. The molecule has 0 radical (unpaired) electrons. The Hall–Kier alpha value is -3.28. The number of carbonyl (C=O) groups is 1. The Balaban J connectivity index is 1.38. The second-order valence-electron chi connectivity index (χ2n) is 9.58. The molecule has 2 aromatic carbocycles. The van der Waals surface area contributed by atoms with Crippen molar-refractivity contribution < 1.29 is 4.79 Å². The van der Waals surface area contributed by atoms with Crippen LogP contribution in [-0.4, -0.2) is 43.6 Å². The average Bonchev–Trinajstić information content (AvgIpc) is 3.33. The van der Waals surface area contributed by atoms with Gasteiger partial charge in [-0.15, -0.1) is 0 Å². The summed E-state index contributed by atoms with van der Waals surface area (Å²) in [5.41, 5.74) is 15.5. The van der Waals surface area contributed by atoms with E-state index >= 15 is 0 Å². The Morgan fingerprint density at radius 2 is 1.83 bits per heavy atom. The van der Waals surface area contributed by atoms with Crippen molar-refractivity contribution in [2.75, 3.05) is 32.1 Å². The molecule has 5 heteroatoms. The van der Waals surface area contributed by atoms with Crippen molar-refractivity contribution in [3.63, 3.8) is 0 Å². The van der Waals surface area contributed by atoms with Crippen molar-refractivity contribution in [2.45, 2.75) is 39.2 Å². The highest BCUT2D eigenvalue weighted by Gasteiger charge is 2.21. The molecular formula is C30H36N4O. The molecule has 0 spiro atoms. The number of aliphatic imine (C=N–C) groups is 1. The highest BCUT2D eigenvalue weighted by molar-refractivity contribution is 5.94. The number of fused-ring (bicyclic) bond motifs is 1. The van der Waals surface area contributed by atoms with Gasteiger partial charge in [0.25, 0.3) is 0 Å². The molecular weight excluding hydrogens is 432 g/mol. The van der Waals surface area contributed by atoms with Gasteiger partial charge in [-0.25, -0.2) is 5.43 Å². The third kappa shape index (κ3) is 6.24. The van der Waals surface area contributed by atoms with Crippen molar-refractivity contribution in [3.8, 4) is 0 Å². The maximum Gasteiger partial charge on any atom is 0.159 e. The van der Waals surface area contributed by atoms with Gasteiger partial charge < -0.3 is 5.43 Å². The summed E-state index contributed by atoms with van der Waals surface area (Å²) in [6.45, 7) is 12.1. The third-order valence-electron chi connectivity index (χ3n) is 6.92. The highest BCUT2D eigenvalue weighted by Crippen LogP contribution is 2.30. The van der Waals surface area contributed by atoms with Crippen LogP contribution >= 0.6 is 0 Å². The molecule has 2 aromatic rings. The number of anilines is 1. The average molecular weight is 469 g/mol. The molecule has 1 saturated heterocycles. The quantitative estimate of drug-likeness (QED) is 0.293. The van der Waals surface area contributed by atoms with Crippen LogP contribution < -0.4 is 10.9 Å². The van der Waals surface area contributed by atoms with Gasteiger partial charge in [0, 0.05) is 31.9 Å². The van der Waals surface area contributed by atoms with Gasteiger partial charge in [0.1, 0.15) is 0 Å². The van der Waals surface area contributed by atoms with Crippen LogP contribution in [-0.2, 0) is 6.54 Å². The Morgan fingerprint density at radius 1 is 1.11 bits per heavy atom. The van der Waals surface area contributed by atoms with E-state index in [1.807, 2.05) is 24.4 Å². The molecule has 35 heavy (non-hydrogen) atoms. The number of rotatable bonds is 8. The van der Waals surface area contributed by atoms with E-state index in [0.29, 0.717) is 5.92 Å². The minimum Gasteiger partial charge on any atom is -0.321 e. The number of hydrogen-bond acceptors (Lipinski definition) is 5. The molecule has 1 fully saturated rings. The normalized spacial score (nSPS) is 17.5. The number of hydrogen-bond donors (Lipinski definition) is 2. The summed E-state index contributed by atoms with van der Waals surface area (Å²) in [5.74, 6) is 0.693. The van der Waals surface area contributed by atoms with Crippen molar-refractivity contribution in [1.82, 2.24) is 10.3 Å². The van der Waals surface area contributed by atoms with E-state index in [4.69, 9.17) is 0 Å². The number of likely N-dealkylation sites (tertiary alicyclic amines) is 1. The number of nitrogens with one attached hydrogen (secondary N) is 2. The van der Waals surface area contributed by atoms with Gasteiger partial charge in [0.2, 0.25) is 0 Å². The zero-order chi connectivity index (χ0) is 24.8. The fourth-order valence-corrected chi connectivity index (χ4v) is 4.99. The molecule has 0 amide bonds. The van der Waals surface area contributed by atoms with Crippen LogP contribution in [0.3, 0.4) is 0 Å². The van der Waals surface area contributed by atoms with Crippen molar-refractivity contribution >= 4 is 23.3 Å². The molecule has 2 N–H and O–H groups in total. The molecule has 0 bridgehead atoms. The van der Waals surface area contributed by atoms with Gasteiger partial charge in [-0.05, 0) is 91.7 Å². The molecule has 2 aliphatic heterocycles. The molecule has 5 nitrogen and oxygen atoms in total. The molecule has 182 valence electrons. The van der Waals surface area contributed by atoms with Gasteiger partial charge in [-0.3, -0.25) is 14.7 Å². The lowest BCUT2D eigenvalue weighted by Gasteiger charge is -2.32. The van der Waals surface area contributed by atoms with E-state index in [1.54, 1.807) is 14.0 Å². The minimum atomic E-state index is 0.125. The molecule has 4 rings (SSSR count). The van der Waals surface area contributed by atoms with E-state index in [1.165, 1.54) is 16.7 Å². The van der Waals surface area contributed by atoms with Crippen molar-refractivity contribution in [2.24, 2.45) is 4.99 Å². The predicted molar refractivity (Wildman–Crippen MR) is 147 cm³/mol. The summed E-state index contributed by atoms with van der Waals surface area (Å²) >= 11 is 0. The van der Waals surface area contributed by atoms with Crippen molar-refractivity contribution in [1.29, 1.82) is 0 Å². The monoisotopic (exact) mass is 468 g/mol. The predicted octanol–water partition coefficient (Wildman–Crippen LogP) is 5.79. The number of nitrogens with zero attached hydrogens (tertiary/aromatic N) is 2. The zero-order valence-electron chi connectivity index (χ0n) is 21.1. The van der Waals surface area contributed by atoms with Crippen LogP contribution in [0.2, 0.25) is 0 Å². The SMILES string of the molecule is C=C(/C=C(\C)CN1CCC(c2ccc(C(C)=O)cc2)CC1)/C(=C\C=NC)c1ccc2c(c1)CNN2. The van der Waals surface area contributed by atoms with Gasteiger partial charge in [-0.1, -0.05) is 48.6 Å². The lowest BCUT2D eigenvalue weighted by molar-refractivity contribution is 0.101. The largest absolute Gasteiger partial charge is 0.321 e. The Bertz CT molecular complexity index is 1170. The van der Waals surface area contributed by atoms with Crippen LogP contribution in [0, 0.1) is 0 Å². The number of benzene rings is 2. The molecule has 0 saturated carbocycles. The smallest absolute Gasteiger partial charge is 0.159 e. The number of hydrazine groups is 1.